The summed E-state index contributed by atoms with van der Waals surface area (Å²) in [4.78, 5) is 33.5. The fourth-order valence-electron chi connectivity index (χ4n) is 5.20. The lowest BCUT2D eigenvalue weighted by molar-refractivity contribution is -0.120. The average molecular weight is 651 g/mol. The highest BCUT2D eigenvalue weighted by molar-refractivity contribution is 7.91. The third-order valence-electron chi connectivity index (χ3n) is 7.29. The van der Waals surface area contributed by atoms with Crippen LogP contribution in [0.1, 0.15) is 30.2 Å². The minimum absolute atomic E-state index is 0.135. The van der Waals surface area contributed by atoms with Crippen LogP contribution in [-0.2, 0) is 32.5 Å². The van der Waals surface area contributed by atoms with Crippen molar-refractivity contribution in [3.8, 4) is 10.6 Å². The summed E-state index contributed by atoms with van der Waals surface area (Å²) in [6.07, 6.45) is 1.13. The second kappa shape index (κ2) is 11.6. The Morgan fingerprint density at radius 2 is 1.88 bits per heavy atom. The first-order valence-corrected chi connectivity index (χ1v) is 17.5. The molecule has 0 radical (unpaired) electrons. The minimum atomic E-state index is -3.64. The van der Waals surface area contributed by atoms with Crippen LogP contribution in [0.2, 0.25) is 4.34 Å². The summed E-state index contributed by atoms with van der Waals surface area (Å²) in [6.45, 7) is 3.55. The topological polar surface area (TPSA) is 109 Å². The number of nitrogens with zero attached hydrogens (tertiary/aromatic N) is 3. The van der Waals surface area contributed by atoms with Crippen LogP contribution in [0.3, 0.4) is 0 Å². The van der Waals surface area contributed by atoms with E-state index in [1.807, 2.05) is 24.3 Å². The molecule has 2 amide bonds. The lowest BCUT2D eigenvalue weighted by Crippen LogP contribution is -2.41. The Hall–Kier alpha value is -2.55. The average Bonchev–Trinajstić information content (AvgIpc) is 3.69. The van der Waals surface area contributed by atoms with Gasteiger partial charge in [-0.05, 0) is 56.0 Å². The van der Waals surface area contributed by atoms with E-state index in [0.717, 1.165) is 42.6 Å². The number of nitrogens with one attached hydrogen (secondary N) is 1. The van der Waals surface area contributed by atoms with Crippen LogP contribution >= 0.6 is 45.6 Å². The maximum atomic E-state index is 13.5. The van der Waals surface area contributed by atoms with Crippen molar-refractivity contribution >= 4 is 82.9 Å². The standard InChI is InChI=1S/C27H27ClN4O5S4/c1-2-37-27(34)31-12-11-17-20(15-31)39-26(23(17)25-29-18-5-3-4-6-19(18)38-25)30-24(33)16-9-13-32(14-10-16)41(35,36)22-8-7-21(28)40-22/h3-8,16H,2,9-15H2,1H3,(H,30,33). The molecule has 41 heavy (non-hydrogen) atoms. The van der Waals surface area contributed by atoms with Crippen LogP contribution in [-0.4, -0.2) is 60.8 Å². The Kier molecular flexibility index (Phi) is 8.09. The molecule has 1 saturated heterocycles. The van der Waals surface area contributed by atoms with Crippen molar-refractivity contribution in [2.75, 3.05) is 31.6 Å². The summed E-state index contributed by atoms with van der Waals surface area (Å²) in [5.74, 6) is -0.462. The van der Waals surface area contributed by atoms with Gasteiger partial charge in [-0.3, -0.25) is 4.79 Å². The van der Waals surface area contributed by atoms with E-state index in [-0.39, 0.29) is 35.2 Å². The van der Waals surface area contributed by atoms with Gasteiger partial charge in [0.05, 0.1) is 27.7 Å². The lowest BCUT2D eigenvalue weighted by atomic mass is 9.97. The fraction of sp³-hybridized carbons (Fsp3) is 0.370. The van der Waals surface area contributed by atoms with Gasteiger partial charge in [0.15, 0.2) is 0 Å². The number of amides is 2. The number of hydrogen-bond donors (Lipinski definition) is 1. The van der Waals surface area contributed by atoms with Gasteiger partial charge in [0.1, 0.15) is 14.2 Å². The molecule has 6 rings (SSSR count). The molecule has 9 nitrogen and oxygen atoms in total. The van der Waals surface area contributed by atoms with E-state index < -0.39 is 10.0 Å². The number of halogens is 1. The summed E-state index contributed by atoms with van der Waals surface area (Å²) in [5, 5.41) is 4.71. The third kappa shape index (κ3) is 5.63. The molecule has 0 bridgehead atoms. The SMILES string of the molecule is CCOC(=O)N1CCc2c(sc(NC(=O)C3CCN(S(=O)(=O)c4ccc(Cl)s4)CC3)c2-c2nc3ccccc3s2)C1. The second-order valence-electron chi connectivity index (χ2n) is 9.79. The van der Waals surface area contributed by atoms with Crippen LogP contribution in [0.4, 0.5) is 9.80 Å². The van der Waals surface area contributed by atoms with E-state index in [1.165, 1.54) is 21.7 Å². The summed E-state index contributed by atoms with van der Waals surface area (Å²) in [5.41, 5.74) is 2.91. The largest absolute Gasteiger partial charge is 0.450 e. The summed E-state index contributed by atoms with van der Waals surface area (Å²) < 4.78 is 34.4. The zero-order chi connectivity index (χ0) is 28.7. The van der Waals surface area contributed by atoms with Crippen molar-refractivity contribution < 1.29 is 22.7 Å². The van der Waals surface area contributed by atoms with E-state index in [4.69, 9.17) is 21.3 Å². The number of thiazole rings is 1. The van der Waals surface area contributed by atoms with Gasteiger partial charge in [0.2, 0.25) is 5.91 Å². The van der Waals surface area contributed by atoms with Gasteiger partial charge in [0.25, 0.3) is 10.0 Å². The Morgan fingerprint density at radius 1 is 1.10 bits per heavy atom. The zero-order valence-corrected chi connectivity index (χ0v) is 26.1. The van der Waals surface area contributed by atoms with Gasteiger partial charge >= 0.3 is 6.09 Å². The van der Waals surface area contributed by atoms with Crippen molar-refractivity contribution in [2.45, 2.75) is 36.9 Å². The lowest BCUT2D eigenvalue weighted by Gasteiger charge is -2.30. The zero-order valence-electron chi connectivity index (χ0n) is 22.1. The van der Waals surface area contributed by atoms with Gasteiger partial charge in [0, 0.05) is 36.0 Å². The first kappa shape index (κ1) is 28.6. The van der Waals surface area contributed by atoms with E-state index in [9.17, 15) is 18.0 Å². The number of sulfonamides is 1. The molecule has 2 aliphatic heterocycles. The number of fused-ring (bicyclic) bond motifs is 2. The van der Waals surface area contributed by atoms with Gasteiger partial charge in [-0.2, -0.15) is 4.31 Å². The normalized spacial score (nSPS) is 16.6. The number of rotatable bonds is 6. The molecule has 0 saturated carbocycles. The number of thiophene rings is 2. The van der Waals surface area contributed by atoms with E-state index in [1.54, 1.807) is 29.2 Å². The molecule has 14 heteroatoms. The number of para-hydroxylation sites is 1. The van der Waals surface area contributed by atoms with Gasteiger partial charge < -0.3 is 15.0 Å². The summed E-state index contributed by atoms with van der Waals surface area (Å²) in [7, 11) is -3.64. The minimum Gasteiger partial charge on any atom is -0.450 e. The number of carbonyl (C=O) groups is 2. The molecule has 2 aliphatic rings. The maximum absolute atomic E-state index is 13.5. The second-order valence-corrected chi connectivity index (χ2v) is 15.8. The molecule has 0 spiro atoms. The molecular formula is C27H27ClN4O5S4. The molecule has 4 aromatic rings. The number of carbonyl (C=O) groups excluding carboxylic acids is 2. The molecule has 3 aromatic heterocycles. The number of aromatic nitrogens is 1. The van der Waals surface area contributed by atoms with Crippen molar-refractivity contribution in [3.05, 3.63) is 51.2 Å². The Bertz CT molecular complexity index is 1690. The molecule has 0 unspecified atom stereocenters. The van der Waals surface area contributed by atoms with Gasteiger partial charge in [-0.15, -0.1) is 34.0 Å². The van der Waals surface area contributed by atoms with Crippen LogP contribution in [0.25, 0.3) is 20.8 Å². The van der Waals surface area contributed by atoms with E-state index in [2.05, 4.69) is 5.32 Å². The first-order chi connectivity index (χ1) is 19.7. The van der Waals surface area contributed by atoms with Crippen LogP contribution in [0.5, 0.6) is 0 Å². The van der Waals surface area contributed by atoms with E-state index in [0.29, 0.717) is 48.3 Å². The molecule has 1 N–H and O–H groups in total. The third-order valence-corrected chi connectivity index (χ3v) is 13.1. The predicted octanol–water partition coefficient (Wildman–Crippen LogP) is 6.29. The monoisotopic (exact) mass is 650 g/mol. The summed E-state index contributed by atoms with van der Waals surface area (Å²) in [6, 6.07) is 11.0. The maximum Gasteiger partial charge on any atom is 0.410 e. The molecule has 1 aromatic carbocycles. The molecular weight excluding hydrogens is 624 g/mol. The number of anilines is 1. The highest BCUT2D eigenvalue weighted by Crippen LogP contribution is 2.46. The number of piperidine rings is 1. The van der Waals surface area contributed by atoms with Crippen molar-refractivity contribution in [1.29, 1.82) is 0 Å². The molecule has 1 fully saturated rings. The smallest absolute Gasteiger partial charge is 0.410 e. The number of benzene rings is 1. The van der Waals surface area contributed by atoms with Crippen LogP contribution < -0.4 is 5.32 Å². The molecule has 5 heterocycles. The van der Waals surface area contributed by atoms with Gasteiger partial charge in [-0.1, -0.05) is 23.7 Å². The van der Waals surface area contributed by atoms with Crippen molar-refractivity contribution in [2.24, 2.45) is 5.92 Å². The molecule has 216 valence electrons. The van der Waals surface area contributed by atoms with Crippen molar-refractivity contribution in [1.82, 2.24) is 14.2 Å². The number of ether oxygens (including phenoxy) is 1. The van der Waals surface area contributed by atoms with Crippen LogP contribution in [0, 0.1) is 5.92 Å². The Balaban J connectivity index is 1.24. The highest BCUT2D eigenvalue weighted by atomic mass is 35.5. The Morgan fingerprint density at radius 3 is 2.59 bits per heavy atom. The predicted molar refractivity (Wildman–Crippen MR) is 164 cm³/mol. The van der Waals surface area contributed by atoms with Crippen molar-refractivity contribution in [3.63, 3.8) is 0 Å². The first-order valence-electron chi connectivity index (χ1n) is 13.2. The Labute approximate surface area is 254 Å². The highest BCUT2D eigenvalue weighted by Gasteiger charge is 2.35. The van der Waals surface area contributed by atoms with Crippen LogP contribution in [0.15, 0.2) is 40.6 Å². The van der Waals surface area contributed by atoms with E-state index >= 15 is 0 Å². The van der Waals surface area contributed by atoms with Gasteiger partial charge in [-0.25, -0.2) is 18.2 Å². The number of hydrogen-bond acceptors (Lipinski definition) is 9. The summed E-state index contributed by atoms with van der Waals surface area (Å²) >= 11 is 10.0. The molecule has 0 aliphatic carbocycles. The molecule has 0 atom stereocenters. The fourth-order valence-corrected chi connectivity index (χ4v) is 10.7. The quantitative estimate of drug-likeness (QED) is 0.263.